The molecule has 0 aliphatic heterocycles. The van der Waals surface area contributed by atoms with Gasteiger partial charge in [-0.2, -0.15) is 0 Å². The number of hydrogen-bond acceptors (Lipinski definition) is 5. The summed E-state index contributed by atoms with van der Waals surface area (Å²) in [7, 11) is 0. The number of nitrogens with zero attached hydrogens (tertiary/aromatic N) is 2. The number of anilines is 1. The van der Waals surface area contributed by atoms with Crippen molar-refractivity contribution in [2.24, 2.45) is 5.92 Å². The zero-order valence-electron chi connectivity index (χ0n) is 12.2. The van der Waals surface area contributed by atoms with Crippen LogP contribution in [0.25, 0.3) is 0 Å². The molecule has 0 radical (unpaired) electrons. The predicted octanol–water partition coefficient (Wildman–Crippen LogP) is 3.09. The van der Waals surface area contributed by atoms with Gasteiger partial charge in [-0.3, -0.25) is 0 Å². The van der Waals surface area contributed by atoms with Gasteiger partial charge < -0.3 is 10.4 Å². The van der Waals surface area contributed by atoms with Crippen molar-refractivity contribution in [3.8, 4) is 0 Å². The lowest BCUT2D eigenvalue weighted by Crippen LogP contribution is -2.21. The number of benzene rings is 1. The van der Waals surface area contributed by atoms with E-state index in [2.05, 4.69) is 29.4 Å². The topological polar surface area (TPSA) is 58.0 Å². The van der Waals surface area contributed by atoms with Crippen LogP contribution in [0, 0.1) is 11.7 Å². The van der Waals surface area contributed by atoms with Crippen LogP contribution < -0.4 is 5.32 Å². The van der Waals surface area contributed by atoms with Gasteiger partial charge in [-0.05, 0) is 30.0 Å². The lowest BCUT2D eigenvalue weighted by Gasteiger charge is -2.12. The van der Waals surface area contributed by atoms with Crippen molar-refractivity contribution in [1.82, 2.24) is 10.2 Å². The summed E-state index contributed by atoms with van der Waals surface area (Å²) < 4.78 is 12.8. The van der Waals surface area contributed by atoms with Gasteiger partial charge in [-0.15, -0.1) is 10.2 Å². The van der Waals surface area contributed by atoms with E-state index >= 15 is 0 Å². The maximum absolute atomic E-state index is 12.8. The van der Waals surface area contributed by atoms with E-state index in [1.807, 2.05) is 0 Å². The molecule has 1 aromatic carbocycles. The Balaban J connectivity index is 1.85. The first-order chi connectivity index (χ1) is 10.0. The fourth-order valence-corrected chi connectivity index (χ4v) is 2.79. The molecule has 1 atom stereocenters. The SMILES string of the molecule is CC(C)CC(O)CNc1nnc(Cc2ccc(F)cc2)s1. The molecule has 1 unspecified atom stereocenters. The number of hydrogen-bond donors (Lipinski definition) is 2. The average molecular weight is 309 g/mol. The number of nitrogens with one attached hydrogen (secondary N) is 1. The van der Waals surface area contributed by atoms with Gasteiger partial charge in [0.05, 0.1) is 6.10 Å². The molecule has 2 rings (SSSR count). The van der Waals surface area contributed by atoms with Crippen LogP contribution in [0.1, 0.15) is 30.8 Å². The summed E-state index contributed by atoms with van der Waals surface area (Å²) in [5, 5.41) is 22.6. The molecule has 2 aromatic rings. The minimum absolute atomic E-state index is 0.238. The molecule has 0 saturated heterocycles. The van der Waals surface area contributed by atoms with E-state index in [0.29, 0.717) is 24.0 Å². The van der Waals surface area contributed by atoms with Gasteiger partial charge in [0, 0.05) is 13.0 Å². The van der Waals surface area contributed by atoms with Crippen LogP contribution >= 0.6 is 11.3 Å². The van der Waals surface area contributed by atoms with Crippen LogP contribution in [0.4, 0.5) is 9.52 Å². The van der Waals surface area contributed by atoms with E-state index in [0.717, 1.165) is 17.0 Å². The second-order valence-corrected chi connectivity index (χ2v) is 6.53. The molecule has 0 aliphatic carbocycles. The molecule has 1 aromatic heterocycles. The second kappa shape index (κ2) is 7.47. The Morgan fingerprint density at radius 3 is 2.62 bits per heavy atom. The first-order valence-corrected chi connectivity index (χ1v) is 7.83. The minimum atomic E-state index is -0.380. The van der Waals surface area contributed by atoms with Gasteiger partial charge >= 0.3 is 0 Å². The molecular formula is C15H20FN3OS. The van der Waals surface area contributed by atoms with E-state index in [4.69, 9.17) is 0 Å². The van der Waals surface area contributed by atoms with Gasteiger partial charge in [0.15, 0.2) is 0 Å². The third-order valence-electron chi connectivity index (χ3n) is 2.97. The molecule has 1 heterocycles. The molecule has 0 aliphatic rings. The maximum atomic E-state index is 12.8. The van der Waals surface area contributed by atoms with Crippen molar-refractivity contribution < 1.29 is 9.50 Å². The minimum Gasteiger partial charge on any atom is -0.391 e. The molecule has 0 bridgehead atoms. The van der Waals surface area contributed by atoms with E-state index in [9.17, 15) is 9.50 Å². The molecule has 0 saturated carbocycles. The van der Waals surface area contributed by atoms with E-state index in [-0.39, 0.29) is 11.9 Å². The summed E-state index contributed by atoms with van der Waals surface area (Å²) in [5.74, 6) is 0.225. The number of rotatable bonds is 7. The van der Waals surface area contributed by atoms with Gasteiger partial charge in [-0.1, -0.05) is 37.3 Å². The van der Waals surface area contributed by atoms with Crippen molar-refractivity contribution in [3.63, 3.8) is 0 Å². The standard InChI is InChI=1S/C15H20FN3OS/c1-10(2)7-13(20)9-17-15-19-18-14(21-15)8-11-3-5-12(16)6-4-11/h3-6,10,13,20H,7-9H2,1-2H3,(H,17,19). The number of aliphatic hydroxyl groups is 1. The third-order valence-corrected chi connectivity index (χ3v) is 3.85. The van der Waals surface area contributed by atoms with Gasteiger partial charge in [0.25, 0.3) is 0 Å². The van der Waals surface area contributed by atoms with Gasteiger partial charge in [-0.25, -0.2) is 4.39 Å². The largest absolute Gasteiger partial charge is 0.391 e. The number of aliphatic hydroxyl groups excluding tert-OH is 1. The maximum Gasteiger partial charge on any atom is 0.205 e. The van der Waals surface area contributed by atoms with Crippen molar-refractivity contribution in [1.29, 1.82) is 0 Å². The smallest absolute Gasteiger partial charge is 0.205 e. The summed E-state index contributed by atoms with van der Waals surface area (Å²) in [6.07, 6.45) is 1.01. The van der Waals surface area contributed by atoms with Crippen molar-refractivity contribution in [3.05, 3.63) is 40.7 Å². The van der Waals surface area contributed by atoms with E-state index in [1.165, 1.54) is 23.5 Å². The Hall–Kier alpha value is -1.53. The average Bonchev–Trinajstić information content (AvgIpc) is 2.86. The highest BCUT2D eigenvalue weighted by Gasteiger charge is 2.09. The van der Waals surface area contributed by atoms with Crippen LogP contribution in [0.2, 0.25) is 0 Å². The number of aromatic nitrogens is 2. The van der Waals surface area contributed by atoms with E-state index < -0.39 is 0 Å². The van der Waals surface area contributed by atoms with Crippen molar-refractivity contribution in [2.75, 3.05) is 11.9 Å². The van der Waals surface area contributed by atoms with Crippen molar-refractivity contribution >= 4 is 16.5 Å². The van der Waals surface area contributed by atoms with Crippen LogP contribution in [-0.2, 0) is 6.42 Å². The molecular weight excluding hydrogens is 289 g/mol. The Morgan fingerprint density at radius 1 is 1.24 bits per heavy atom. The first kappa shape index (κ1) is 15.9. The Labute approximate surface area is 128 Å². The van der Waals surface area contributed by atoms with Crippen LogP contribution in [-0.4, -0.2) is 28.0 Å². The number of halogens is 1. The Morgan fingerprint density at radius 2 is 1.95 bits per heavy atom. The lowest BCUT2D eigenvalue weighted by atomic mass is 10.1. The van der Waals surface area contributed by atoms with E-state index in [1.54, 1.807) is 12.1 Å². The summed E-state index contributed by atoms with van der Waals surface area (Å²) in [6.45, 7) is 4.63. The zero-order valence-corrected chi connectivity index (χ0v) is 13.0. The quantitative estimate of drug-likeness (QED) is 0.825. The first-order valence-electron chi connectivity index (χ1n) is 7.01. The second-order valence-electron chi connectivity index (χ2n) is 5.47. The Bertz CT molecular complexity index is 556. The molecule has 4 nitrogen and oxygen atoms in total. The molecule has 0 amide bonds. The molecule has 0 spiro atoms. The van der Waals surface area contributed by atoms with Crippen LogP contribution in [0.3, 0.4) is 0 Å². The lowest BCUT2D eigenvalue weighted by molar-refractivity contribution is 0.161. The van der Waals surface area contributed by atoms with Crippen LogP contribution in [0.15, 0.2) is 24.3 Å². The van der Waals surface area contributed by atoms with Gasteiger partial charge in [0.2, 0.25) is 5.13 Å². The van der Waals surface area contributed by atoms with Gasteiger partial charge in [0.1, 0.15) is 10.8 Å². The third kappa shape index (κ3) is 5.40. The molecule has 21 heavy (non-hydrogen) atoms. The highest BCUT2D eigenvalue weighted by atomic mass is 32.1. The summed E-state index contributed by atoms with van der Waals surface area (Å²) in [6, 6.07) is 6.38. The predicted molar refractivity (Wildman–Crippen MR) is 83.1 cm³/mol. The monoisotopic (exact) mass is 309 g/mol. The summed E-state index contributed by atoms with van der Waals surface area (Å²) in [4.78, 5) is 0. The highest BCUT2D eigenvalue weighted by Crippen LogP contribution is 2.19. The fraction of sp³-hybridized carbons (Fsp3) is 0.467. The van der Waals surface area contributed by atoms with Crippen LogP contribution in [0.5, 0.6) is 0 Å². The zero-order chi connectivity index (χ0) is 15.2. The Kier molecular flexibility index (Phi) is 5.64. The summed E-state index contributed by atoms with van der Waals surface area (Å²) >= 11 is 1.45. The molecule has 2 N–H and O–H groups in total. The highest BCUT2D eigenvalue weighted by molar-refractivity contribution is 7.15. The molecule has 6 heteroatoms. The summed E-state index contributed by atoms with van der Waals surface area (Å²) in [5.41, 5.74) is 0.999. The normalized spacial score (nSPS) is 12.6. The molecule has 0 fully saturated rings. The fourth-order valence-electron chi connectivity index (χ4n) is 2.01. The molecule has 114 valence electrons. The van der Waals surface area contributed by atoms with Crippen molar-refractivity contribution in [2.45, 2.75) is 32.8 Å².